The molecule has 0 aliphatic carbocycles. The highest BCUT2D eigenvalue weighted by Crippen LogP contribution is 2.29. The number of anilines is 1. The van der Waals surface area contributed by atoms with Gasteiger partial charge in [-0.3, -0.25) is 0 Å². The molecule has 0 bridgehead atoms. The molecule has 0 saturated heterocycles. The van der Waals surface area contributed by atoms with Gasteiger partial charge >= 0.3 is 0 Å². The Morgan fingerprint density at radius 2 is 1.82 bits per heavy atom. The number of hydrogen-bond acceptors (Lipinski definition) is 6. The first-order valence-electron chi connectivity index (χ1n) is 8.64. The van der Waals surface area contributed by atoms with Gasteiger partial charge in [0.1, 0.15) is 11.6 Å². The van der Waals surface area contributed by atoms with E-state index in [1.807, 2.05) is 42.7 Å². The number of pyridine rings is 1. The van der Waals surface area contributed by atoms with E-state index in [9.17, 15) is 4.39 Å². The zero-order chi connectivity index (χ0) is 19.3. The molecule has 0 amide bonds. The molecule has 0 aliphatic heterocycles. The van der Waals surface area contributed by atoms with Gasteiger partial charge in [0.2, 0.25) is 5.89 Å². The Hall–Kier alpha value is -3.19. The average molecular weight is 392 g/mol. The fourth-order valence-electron chi connectivity index (χ4n) is 2.73. The molecule has 2 aromatic carbocycles. The van der Waals surface area contributed by atoms with Crippen LogP contribution in [0.2, 0.25) is 0 Å². The molecule has 4 aromatic rings. The van der Waals surface area contributed by atoms with E-state index in [4.69, 9.17) is 4.42 Å². The summed E-state index contributed by atoms with van der Waals surface area (Å²) >= 11 is 1.67. The first-order chi connectivity index (χ1) is 13.7. The minimum atomic E-state index is -0.269. The minimum Gasteiger partial charge on any atom is -0.416 e. The molecule has 2 aromatic heterocycles. The van der Waals surface area contributed by atoms with Crippen LogP contribution in [0.3, 0.4) is 0 Å². The lowest BCUT2D eigenvalue weighted by atomic mass is 10.2. The molecule has 5 nitrogen and oxygen atoms in total. The van der Waals surface area contributed by atoms with Gasteiger partial charge in [-0.25, -0.2) is 9.37 Å². The second-order valence-corrected chi connectivity index (χ2v) is 6.90. The maximum Gasteiger partial charge on any atom is 0.251 e. The van der Waals surface area contributed by atoms with Gasteiger partial charge in [-0.1, -0.05) is 12.1 Å². The summed E-state index contributed by atoms with van der Waals surface area (Å²) in [5.74, 6) is 1.15. The fraction of sp³-hybridized carbons (Fsp3) is 0.0952. The minimum absolute atomic E-state index is 0.269. The van der Waals surface area contributed by atoms with E-state index in [1.165, 1.54) is 17.0 Å². The Morgan fingerprint density at radius 1 is 1.00 bits per heavy atom. The van der Waals surface area contributed by atoms with E-state index in [0.29, 0.717) is 29.7 Å². The van der Waals surface area contributed by atoms with Crippen molar-refractivity contribution in [2.24, 2.45) is 0 Å². The van der Waals surface area contributed by atoms with Crippen molar-refractivity contribution in [2.75, 3.05) is 11.6 Å². The SMILES string of the molecule is CSc1ccc(-c2nnc(-c3cccnc3NCc3cccc(F)c3)o2)cc1. The van der Waals surface area contributed by atoms with Crippen LogP contribution < -0.4 is 5.32 Å². The highest BCUT2D eigenvalue weighted by molar-refractivity contribution is 7.98. The summed E-state index contributed by atoms with van der Waals surface area (Å²) < 4.78 is 19.2. The van der Waals surface area contributed by atoms with E-state index in [1.54, 1.807) is 30.1 Å². The van der Waals surface area contributed by atoms with Crippen LogP contribution >= 0.6 is 11.8 Å². The third-order valence-electron chi connectivity index (χ3n) is 4.15. The van der Waals surface area contributed by atoms with Crippen molar-refractivity contribution in [3.8, 4) is 22.9 Å². The van der Waals surface area contributed by atoms with E-state index < -0.39 is 0 Å². The lowest BCUT2D eigenvalue weighted by Crippen LogP contribution is -2.03. The summed E-state index contributed by atoms with van der Waals surface area (Å²) in [5.41, 5.74) is 2.37. The lowest BCUT2D eigenvalue weighted by Gasteiger charge is -2.08. The number of aromatic nitrogens is 3. The topological polar surface area (TPSA) is 63.8 Å². The highest BCUT2D eigenvalue weighted by Gasteiger charge is 2.14. The van der Waals surface area contributed by atoms with Crippen LogP contribution in [0.1, 0.15) is 5.56 Å². The molecule has 0 saturated carbocycles. The van der Waals surface area contributed by atoms with E-state index in [-0.39, 0.29) is 5.82 Å². The third kappa shape index (κ3) is 4.04. The first-order valence-corrected chi connectivity index (χ1v) is 9.87. The van der Waals surface area contributed by atoms with E-state index in [2.05, 4.69) is 20.5 Å². The van der Waals surface area contributed by atoms with Gasteiger partial charge < -0.3 is 9.73 Å². The van der Waals surface area contributed by atoms with Gasteiger partial charge in [-0.15, -0.1) is 22.0 Å². The zero-order valence-electron chi connectivity index (χ0n) is 15.1. The normalized spacial score (nSPS) is 10.8. The molecule has 0 radical (unpaired) electrons. The summed E-state index contributed by atoms with van der Waals surface area (Å²) in [7, 11) is 0. The zero-order valence-corrected chi connectivity index (χ0v) is 15.9. The molecule has 28 heavy (non-hydrogen) atoms. The Balaban J connectivity index is 1.57. The largest absolute Gasteiger partial charge is 0.416 e. The quantitative estimate of drug-likeness (QED) is 0.451. The summed E-state index contributed by atoms with van der Waals surface area (Å²) in [5, 5.41) is 11.5. The summed E-state index contributed by atoms with van der Waals surface area (Å²) in [4.78, 5) is 5.53. The van der Waals surface area contributed by atoms with E-state index >= 15 is 0 Å². The van der Waals surface area contributed by atoms with Gasteiger partial charge in [0.05, 0.1) is 5.56 Å². The van der Waals surface area contributed by atoms with E-state index in [0.717, 1.165) is 11.1 Å². The van der Waals surface area contributed by atoms with Crippen LogP contribution in [-0.2, 0) is 6.54 Å². The van der Waals surface area contributed by atoms with Gasteiger partial charge in [0.15, 0.2) is 0 Å². The average Bonchev–Trinajstić information content (AvgIpc) is 3.23. The van der Waals surface area contributed by atoms with Crippen LogP contribution in [0.4, 0.5) is 10.2 Å². The number of thioether (sulfide) groups is 1. The number of halogens is 1. The van der Waals surface area contributed by atoms with Crippen molar-refractivity contribution in [2.45, 2.75) is 11.4 Å². The third-order valence-corrected chi connectivity index (χ3v) is 4.89. The van der Waals surface area contributed by atoms with Crippen LogP contribution in [0, 0.1) is 5.82 Å². The number of benzene rings is 2. The Labute approximate surface area is 166 Å². The molecule has 0 spiro atoms. The number of rotatable bonds is 6. The molecular formula is C21H17FN4OS. The molecule has 0 unspecified atom stereocenters. The smallest absolute Gasteiger partial charge is 0.251 e. The van der Waals surface area contributed by atoms with Crippen LogP contribution in [-0.4, -0.2) is 21.4 Å². The first kappa shape index (κ1) is 18.2. The lowest BCUT2D eigenvalue weighted by molar-refractivity contribution is 0.584. The van der Waals surface area contributed by atoms with Crippen molar-refractivity contribution in [3.05, 3.63) is 78.2 Å². The van der Waals surface area contributed by atoms with Crippen molar-refractivity contribution in [1.82, 2.24) is 15.2 Å². The van der Waals surface area contributed by atoms with Crippen molar-refractivity contribution >= 4 is 17.6 Å². The van der Waals surface area contributed by atoms with Crippen LogP contribution in [0.5, 0.6) is 0 Å². The highest BCUT2D eigenvalue weighted by atomic mass is 32.2. The number of nitrogens with zero attached hydrogens (tertiary/aromatic N) is 3. The van der Waals surface area contributed by atoms with Crippen molar-refractivity contribution < 1.29 is 8.81 Å². The van der Waals surface area contributed by atoms with Gasteiger partial charge in [-0.05, 0) is 60.4 Å². The summed E-state index contributed by atoms with van der Waals surface area (Å²) in [6, 6.07) is 18.0. The summed E-state index contributed by atoms with van der Waals surface area (Å²) in [6.45, 7) is 0.429. The number of hydrogen-bond donors (Lipinski definition) is 1. The van der Waals surface area contributed by atoms with Gasteiger partial charge in [-0.2, -0.15) is 0 Å². The Bertz CT molecular complexity index is 1080. The Kier molecular flexibility index (Phi) is 5.34. The monoisotopic (exact) mass is 392 g/mol. The molecule has 140 valence electrons. The molecule has 2 heterocycles. The summed E-state index contributed by atoms with van der Waals surface area (Å²) in [6.07, 6.45) is 3.70. The van der Waals surface area contributed by atoms with Crippen LogP contribution in [0.15, 0.2) is 76.2 Å². The molecule has 1 N–H and O–H groups in total. The molecule has 0 atom stereocenters. The molecule has 7 heteroatoms. The maximum atomic E-state index is 13.4. The fourth-order valence-corrected chi connectivity index (χ4v) is 3.14. The number of nitrogens with one attached hydrogen (secondary N) is 1. The molecule has 0 aliphatic rings. The van der Waals surface area contributed by atoms with Crippen molar-refractivity contribution in [3.63, 3.8) is 0 Å². The molecule has 0 fully saturated rings. The standard InChI is InChI=1S/C21H17FN4OS/c1-28-17-9-7-15(8-10-17)20-25-26-21(27-20)18-6-3-11-23-19(18)24-13-14-4-2-5-16(22)12-14/h2-12H,13H2,1H3,(H,23,24). The Morgan fingerprint density at radius 3 is 2.61 bits per heavy atom. The maximum absolute atomic E-state index is 13.4. The second kappa shape index (κ2) is 8.22. The van der Waals surface area contributed by atoms with Crippen molar-refractivity contribution in [1.29, 1.82) is 0 Å². The molecule has 4 rings (SSSR count). The molecular weight excluding hydrogens is 375 g/mol. The second-order valence-electron chi connectivity index (χ2n) is 6.02. The van der Waals surface area contributed by atoms with Gasteiger partial charge in [0, 0.05) is 23.2 Å². The van der Waals surface area contributed by atoms with Gasteiger partial charge in [0.25, 0.3) is 5.89 Å². The predicted octanol–water partition coefficient (Wildman–Crippen LogP) is 5.27. The predicted molar refractivity (Wildman–Crippen MR) is 108 cm³/mol. The van der Waals surface area contributed by atoms with Crippen LogP contribution in [0.25, 0.3) is 22.9 Å².